The van der Waals surface area contributed by atoms with Gasteiger partial charge in [-0.15, -0.1) is 0 Å². The maximum atomic E-state index is 12.2. The van der Waals surface area contributed by atoms with Crippen molar-refractivity contribution in [3.8, 4) is 0 Å². The fourth-order valence-corrected chi connectivity index (χ4v) is 3.37. The molecular weight excluding hydrogens is 296 g/mol. The molecule has 0 radical (unpaired) electrons. The standard InChI is InChI=1S/C16H24N4O3/c1-22-8-6-17-15(21)13-9-12-10-20(7-3-14(12)23-11-13)16-18-4-2-5-19-16/h2,4-5,12-14H,3,6-11H2,1H3,(H,17,21)/t12-,13-,14+/m0/s1. The molecule has 7 nitrogen and oxygen atoms in total. The summed E-state index contributed by atoms with van der Waals surface area (Å²) in [6, 6.07) is 1.82. The zero-order chi connectivity index (χ0) is 16.1. The lowest BCUT2D eigenvalue weighted by molar-refractivity contribution is -0.135. The van der Waals surface area contributed by atoms with E-state index in [1.165, 1.54) is 0 Å². The minimum atomic E-state index is -0.0789. The molecule has 1 amide bonds. The van der Waals surface area contributed by atoms with Crippen LogP contribution in [0.1, 0.15) is 12.8 Å². The molecule has 23 heavy (non-hydrogen) atoms. The van der Waals surface area contributed by atoms with Crippen LogP contribution in [0.5, 0.6) is 0 Å². The van der Waals surface area contributed by atoms with Crippen molar-refractivity contribution in [1.29, 1.82) is 0 Å². The molecule has 3 rings (SSSR count). The SMILES string of the molecule is COCCNC(=O)[C@@H]1CO[C@@H]2CCN(c3ncccn3)C[C@@H]2C1. The van der Waals surface area contributed by atoms with Gasteiger partial charge in [-0.05, 0) is 18.9 Å². The van der Waals surface area contributed by atoms with Gasteiger partial charge in [-0.25, -0.2) is 9.97 Å². The molecule has 126 valence electrons. The first-order valence-corrected chi connectivity index (χ1v) is 8.18. The minimum absolute atomic E-state index is 0.0635. The summed E-state index contributed by atoms with van der Waals surface area (Å²) in [5.74, 6) is 1.09. The van der Waals surface area contributed by atoms with E-state index in [4.69, 9.17) is 9.47 Å². The third-order valence-corrected chi connectivity index (χ3v) is 4.57. The number of carbonyl (C=O) groups excluding carboxylic acids is 1. The largest absolute Gasteiger partial charge is 0.383 e. The van der Waals surface area contributed by atoms with Crippen molar-refractivity contribution in [2.75, 3.05) is 44.9 Å². The van der Waals surface area contributed by atoms with Gasteiger partial charge in [0, 0.05) is 45.1 Å². The summed E-state index contributed by atoms with van der Waals surface area (Å²) in [5, 5.41) is 2.91. The Morgan fingerprint density at radius 1 is 1.48 bits per heavy atom. The summed E-state index contributed by atoms with van der Waals surface area (Å²) in [7, 11) is 1.63. The lowest BCUT2D eigenvalue weighted by Gasteiger charge is -2.43. The van der Waals surface area contributed by atoms with Gasteiger partial charge < -0.3 is 19.7 Å². The molecular formula is C16H24N4O3. The molecule has 0 bridgehead atoms. The number of fused-ring (bicyclic) bond motifs is 1. The Balaban J connectivity index is 1.56. The number of carbonyl (C=O) groups is 1. The number of nitrogens with one attached hydrogen (secondary N) is 1. The fourth-order valence-electron chi connectivity index (χ4n) is 3.37. The molecule has 3 heterocycles. The predicted octanol–water partition coefficient (Wildman–Crippen LogP) is 0.471. The second kappa shape index (κ2) is 7.70. The van der Waals surface area contributed by atoms with Crippen molar-refractivity contribution in [2.45, 2.75) is 18.9 Å². The van der Waals surface area contributed by atoms with Crippen LogP contribution in [-0.4, -0.2) is 61.9 Å². The number of piperidine rings is 1. The van der Waals surface area contributed by atoms with Crippen molar-refractivity contribution in [2.24, 2.45) is 11.8 Å². The van der Waals surface area contributed by atoms with Gasteiger partial charge in [0.15, 0.2) is 0 Å². The third-order valence-electron chi connectivity index (χ3n) is 4.57. The van der Waals surface area contributed by atoms with E-state index >= 15 is 0 Å². The molecule has 0 saturated carbocycles. The number of hydrogen-bond donors (Lipinski definition) is 1. The lowest BCUT2D eigenvalue weighted by atomic mass is 9.83. The molecule has 1 aromatic heterocycles. The van der Waals surface area contributed by atoms with E-state index in [2.05, 4.69) is 20.2 Å². The van der Waals surface area contributed by atoms with Crippen molar-refractivity contribution >= 4 is 11.9 Å². The number of rotatable bonds is 5. The third kappa shape index (κ3) is 3.97. The van der Waals surface area contributed by atoms with Gasteiger partial charge in [0.25, 0.3) is 0 Å². The lowest BCUT2D eigenvalue weighted by Crippen LogP contribution is -2.51. The second-order valence-electron chi connectivity index (χ2n) is 6.13. The molecule has 2 saturated heterocycles. The van der Waals surface area contributed by atoms with E-state index in [0.29, 0.717) is 25.7 Å². The number of aromatic nitrogens is 2. The quantitative estimate of drug-likeness (QED) is 0.795. The van der Waals surface area contributed by atoms with Gasteiger partial charge >= 0.3 is 0 Å². The van der Waals surface area contributed by atoms with E-state index in [1.54, 1.807) is 19.5 Å². The Morgan fingerprint density at radius 3 is 3.09 bits per heavy atom. The van der Waals surface area contributed by atoms with Gasteiger partial charge in [-0.2, -0.15) is 0 Å². The molecule has 0 unspecified atom stereocenters. The number of methoxy groups -OCH3 is 1. The van der Waals surface area contributed by atoms with Crippen LogP contribution in [-0.2, 0) is 14.3 Å². The van der Waals surface area contributed by atoms with Crippen LogP contribution >= 0.6 is 0 Å². The molecule has 1 aromatic rings. The molecule has 0 aromatic carbocycles. The Labute approximate surface area is 136 Å². The first kappa shape index (κ1) is 16.1. The van der Waals surface area contributed by atoms with E-state index < -0.39 is 0 Å². The average Bonchev–Trinajstić information content (AvgIpc) is 2.61. The van der Waals surface area contributed by atoms with Crippen LogP contribution in [0.3, 0.4) is 0 Å². The fraction of sp³-hybridized carbons (Fsp3) is 0.688. The first-order valence-electron chi connectivity index (χ1n) is 8.18. The summed E-state index contributed by atoms with van der Waals surface area (Å²) >= 11 is 0. The first-order chi connectivity index (χ1) is 11.3. The zero-order valence-corrected chi connectivity index (χ0v) is 13.5. The van der Waals surface area contributed by atoms with E-state index in [1.807, 2.05) is 6.07 Å². The summed E-state index contributed by atoms with van der Waals surface area (Å²) in [4.78, 5) is 23.1. The zero-order valence-electron chi connectivity index (χ0n) is 13.5. The Kier molecular flexibility index (Phi) is 5.40. The van der Waals surface area contributed by atoms with Crippen LogP contribution in [0.4, 0.5) is 5.95 Å². The van der Waals surface area contributed by atoms with E-state index in [-0.39, 0.29) is 17.9 Å². The molecule has 0 spiro atoms. The van der Waals surface area contributed by atoms with Gasteiger partial charge in [0.2, 0.25) is 11.9 Å². The van der Waals surface area contributed by atoms with Crippen LogP contribution < -0.4 is 10.2 Å². The van der Waals surface area contributed by atoms with Gasteiger partial charge in [-0.3, -0.25) is 4.79 Å². The summed E-state index contributed by atoms with van der Waals surface area (Å²) in [6.45, 7) is 3.34. The maximum absolute atomic E-state index is 12.2. The van der Waals surface area contributed by atoms with Crippen molar-refractivity contribution in [3.05, 3.63) is 18.5 Å². The normalized spacial score (nSPS) is 27.3. The number of hydrogen-bond acceptors (Lipinski definition) is 6. The minimum Gasteiger partial charge on any atom is -0.383 e. The average molecular weight is 320 g/mol. The molecule has 1 N–H and O–H groups in total. The number of amides is 1. The highest BCUT2D eigenvalue weighted by atomic mass is 16.5. The predicted molar refractivity (Wildman–Crippen MR) is 85.1 cm³/mol. The van der Waals surface area contributed by atoms with Crippen LogP contribution in [0.25, 0.3) is 0 Å². The van der Waals surface area contributed by atoms with E-state index in [0.717, 1.165) is 31.9 Å². The van der Waals surface area contributed by atoms with E-state index in [9.17, 15) is 4.79 Å². The van der Waals surface area contributed by atoms with Crippen molar-refractivity contribution in [1.82, 2.24) is 15.3 Å². The van der Waals surface area contributed by atoms with Crippen molar-refractivity contribution < 1.29 is 14.3 Å². The number of nitrogens with zero attached hydrogens (tertiary/aromatic N) is 3. The molecule has 3 atom stereocenters. The molecule has 2 aliphatic rings. The molecule has 7 heteroatoms. The Bertz CT molecular complexity index is 513. The molecule has 2 fully saturated rings. The Morgan fingerprint density at radius 2 is 2.30 bits per heavy atom. The van der Waals surface area contributed by atoms with Gasteiger partial charge in [0.05, 0.1) is 25.2 Å². The summed E-state index contributed by atoms with van der Waals surface area (Å²) in [6.07, 6.45) is 5.58. The smallest absolute Gasteiger partial charge is 0.225 e. The van der Waals surface area contributed by atoms with Crippen LogP contribution in [0.2, 0.25) is 0 Å². The highest BCUT2D eigenvalue weighted by molar-refractivity contribution is 5.78. The summed E-state index contributed by atoms with van der Waals surface area (Å²) in [5.41, 5.74) is 0. The maximum Gasteiger partial charge on any atom is 0.225 e. The topological polar surface area (TPSA) is 76.6 Å². The van der Waals surface area contributed by atoms with Gasteiger partial charge in [0.1, 0.15) is 0 Å². The molecule has 0 aliphatic carbocycles. The van der Waals surface area contributed by atoms with Crippen LogP contribution in [0, 0.1) is 11.8 Å². The van der Waals surface area contributed by atoms with Gasteiger partial charge in [-0.1, -0.05) is 0 Å². The highest BCUT2D eigenvalue weighted by Crippen LogP contribution is 2.32. The highest BCUT2D eigenvalue weighted by Gasteiger charge is 2.38. The van der Waals surface area contributed by atoms with Crippen LogP contribution in [0.15, 0.2) is 18.5 Å². The van der Waals surface area contributed by atoms with Crippen molar-refractivity contribution in [3.63, 3.8) is 0 Å². The number of anilines is 1. The Hall–Kier alpha value is -1.73. The second-order valence-corrected chi connectivity index (χ2v) is 6.13. The molecule has 2 aliphatic heterocycles. The monoisotopic (exact) mass is 320 g/mol. The summed E-state index contributed by atoms with van der Waals surface area (Å²) < 4.78 is 10.9. The number of ether oxygens (including phenoxy) is 2.